The molecule has 1 amide bonds. The number of hydrogen-bond acceptors (Lipinski definition) is 2. The zero-order valence-corrected chi connectivity index (χ0v) is 15.8. The molecule has 0 aliphatic rings. The van der Waals surface area contributed by atoms with Gasteiger partial charge in [-0.1, -0.05) is 77.6 Å². The highest BCUT2D eigenvalue weighted by Crippen LogP contribution is 2.18. The van der Waals surface area contributed by atoms with Gasteiger partial charge in [0.25, 0.3) is 0 Å². The molecule has 0 aliphatic carbocycles. The topological polar surface area (TPSA) is 107 Å². The Morgan fingerprint density at radius 1 is 0.750 bits per heavy atom. The van der Waals surface area contributed by atoms with Crippen LogP contribution in [-0.4, -0.2) is 18.4 Å². The molecule has 0 bridgehead atoms. The van der Waals surface area contributed by atoms with Gasteiger partial charge < -0.3 is 17.2 Å². The van der Waals surface area contributed by atoms with Crippen LogP contribution in [0.2, 0.25) is 0 Å². The fraction of sp³-hybridized carbons (Fsp3) is 0.895. The molecular formula is C19H40N4O. The lowest BCUT2D eigenvalue weighted by molar-refractivity contribution is -0.122. The number of carbonyl (C=O) groups is 1. The fourth-order valence-electron chi connectivity index (χ4n) is 3.02. The van der Waals surface area contributed by atoms with Crippen molar-refractivity contribution in [2.45, 2.75) is 96.8 Å². The fourth-order valence-corrected chi connectivity index (χ4v) is 3.02. The molecule has 1 atom stereocenters. The van der Waals surface area contributed by atoms with Crippen LogP contribution in [-0.2, 0) is 4.79 Å². The standard InChI is InChI=1S/C19H40N4O/c1-2-3-4-5-6-7-8-11-14-17(18(20)24)15-12-9-10-13-16-23-19(21)22/h17H,2-16H2,1H3,(H2,20,24)(H4,21,22,23). The number of unbranched alkanes of at least 4 members (excludes halogenated alkanes) is 10. The minimum atomic E-state index is -0.126. The number of nitrogens with zero attached hydrogens (tertiary/aromatic N) is 1. The van der Waals surface area contributed by atoms with Crippen molar-refractivity contribution in [3.8, 4) is 0 Å². The second kappa shape index (κ2) is 16.6. The highest BCUT2D eigenvalue weighted by Gasteiger charge is 2.14. The van der Waals surface area contributed by atoms with Gasteiger partial charge in [0.05, 0.1) is 0 Å². The van der Waals surface area contributed by atoms with Crippen molar-refractivity contribution in [1.82, 2.24) is 0 Å². The summed E-state index contributed by atoms with van der Waals surface area (Å²) in [6, 6.07) is 0. The van der Waals surface area contributed by atoms with Crippen LogP contribution in [0.5, 0.6) is 0 Å². The predicted molar refractivity (Wildman–Crippen MR) is 104 cm³/mol. The SMILES string of the molecule is CCCCCCCCCCC(CCCCCCN=C(N)N)C(N)=O. The first-order chi connectivity index (χ1) is 11.6. The first-order valence-electron chi connectivity index (χ1n) is 9.92. The second-order valence-corrected chi connectivity index (χ2v) is 6.87. The van der Waals surface area contributed by atoms with E-state index < -0.39 is 0 Å². The van der Waals surface area contributed by atoms with Crippen LogP contribution in [0.3, 0.4) is 0 Å². The monoisotopic (exact) mass is 340 g/mol. The van der Waals surface area contributed by atoms with Crippen molar-refractivity contribution in [3.05, 3.63) is 0 Å². The van der Waals surface area contributed by atoms with E-state index >= 15 is 0 Å². The maximum absolute atomic E-state index is 11.6. The van der Waals surface area contributed by atoms with E-state index in [4.69, 9.17) is 17.2 Å². The van der Waals surface area contributed by atoms with E-state index in [1.54, 1.807) is 0 Å². The van der Waals surface area contributed by atoms with Gasteiger partial charge in [-0.05, 0) is 19.3 Å². The zero-order valence-electron chi connectivity index (χ0n) is 15.8. The molecule has 5 nitrogen and oxygen atoms in total. The third-order valence-electron chi connectivity index (χ3n) is 4.56. The van der Waals surface area contributed by atoms with Gasteiger partial charge in [-0.25, -0.2) is 0 Å². The molecule has 0 fully saturated rings. The van der Waals surface area contributed by atoms with Crippen LogP contribution < -0.4 is 17.2 Å². The Kier molecular flexibility index (Phi) is 15.7. The van der Waals surface area contributed by atoms with Crippen LogP contribution in [0.4, 0.5) is 0 Å². The average Bonchev–Trinajstić information content (AvgIpc) is 2.53. The summed E-state index contributed by atoms with van der Waals surface area (Å²) < 4.78 is 0. The number of amides is 1. The normalized spacial score (nSPS) is 12.0. The van der Waals surface area contributed by atoms with Crippen molar-refractivity contribution in [1.29, 1.82) is 0 Å². The molecule has 5 heteroatoms. The molecule has 0 saturated carbocycles. The van der Waals surface area contributed by atoms with E-state index in [0.29, 0.717) is 6.54 Å². The molecule has 0 aromatic heterocycles. The van der Waals surface area contributed by atoms with E-state index in [0.717, 1.165) is 44.9 Å². The third kappa shape index (κ3) is 15.6. The smallest absolute Gasteiger partial charge is 0.220 e. The van der Waals surface area contributed by atoms with Gasteiger partial charge in [0.15, 0.2) is 5.96 Å². The Morgan fingerprint density at radius 3 is 1.67 bits per heavy atom. The quantitative estimate of drug-likeness (QED) is 0.213. The first-order valence-corrected chi connectivity index (χ1v) is 9.92. The van der Waals surface area contributed by atoms with Crippen molar-refractivity contribution < 1.29 is 4.79 Å². The molecule has 0 aliphatic heterocycles. The van der Waals surface area contributed by atoms with Crippen LogP contribution in [0.25, 0.3) is 0 Å². The van der Waals surface area contributed by atoms with Gasteiger partial charge in [0.1, 0.15) is 0 Å². The van der Waals surface area contributed by atoms with Crippen molar-refractivity contribution in [2.24, 2.45) is 28.1 Å². The van der Waals surface area contributed by atoms with E-state index in [1.165, 1.54) is 44.9 Å². The van der Waals surface area contributed by atoms with Crippen molar-refractivity contribution in [3.63, 3.8) is 0 Å². The second-order valence-electron chi connectivity index (χ2n) is 6.87. The molecule has 6 N–H and O–H groups in total. The average molecular weight is 341 g/mol. The van der Waals surface area contributed by atoms with Crippen molar-refractivity contribution >= 4 is 11.9 Å². The summed E-state index contributed by atoms with van der Waals surface area (Å²) in [4.78, 5) is 15.5. The molecule has 24 heavy (non-hydrogen) atoms. The summed E-state index contributed by atoms with van der Waals surface area (Å²) in [7, 11) is 0. The Labute approximate surface area is 148 Å². The number of hydrogen-bond donors (Lipinski definition) is 3. The van der Waals surface area contributed by atoms with E-state index in [1.807, 2.05) is 0 Å². The summed E-state index contributed by atoms with van der Waals surface area (Å²) in [5.74, 6) is 0.0930. The molecule has 0 saturated heterocycles. The number of carbonyl (C=O) groups excluding carboxylic acids is 1. The number of primary amides is 1. The summed E-state index contributed by atoms with van der Waals surface area (Å²) in [6.45, 7) is 2.94. The molecular weight excluding hydrogens is 300 g/mol. The molecule has 0 radical (unpaired) electrons. The third-order valence-corrected chi connectivity index (χ3v) is 4.56. The summed E-state index contributed by atoms with van der Waals surface area (Å²) in [5.41, 5.74) is 16.1. The van der Waals surface area contributed by atoms with Gasteiger partial charge in [0.2, 0.25) is 5.91 Å². The van der Waals surface area contributed by atoms with E-state index in [2.05, 4.69) is 11.9 Å². The van der Waals surface area contributed by atoms with Crippen LogP contribution in [0.1, 0.15) is 96.8 Å². The Bertz CT molecular complexity index is 327. The lowest BCUT2D eigenvalue weighted by Gasteiger charge is -2.13. The molecule has 0 aromatic rings. The predicted octanol–water partition coefficient (Wildman–Crippen LogP) is 3.84. The first kappa shape index (κ1) is 22.7. The minimum Gasteiger partial charge on any atom is -0.370 e. The molecule has 0 heterocycles. The number of guanidine groups is 1. The Morgan fingerprint density at radius 2 is 1.21 bits per heavy atom. The highest BCUT2D eigenvalue weighted by molar-refractivity contribution is 5.76. The lowest BCUT2D eigenvalue weighted by Crippen LogP contribution is -2.23. The van der Waals surface area contributed by atoms with Crippen LogP contribution in [0, 0.1) is 5.92 Å². The van der Waals surface area contributed by atoms with Gasteiger partial charge in [-0.2, -0.15) is 0 Å². The Hall–Kier alpha value is -1.26. The molecule has 1 unspecified atom stereocenters. The van der Waals surface area contributed by atoms with Gasteiger partial charge in [-0.15, -0.1) is 0 Å². The van der Waals surface area contributed by atoms with Gasteiger partial charge in [0, 0.05) is 12.5 Å². The minimum absolute atomic E-state index is 0.0581. The molecule has 142 valence electrons. The van der Waals surface area contributed by atoms with Gasteiger partial charge in [-0.3, -0.25) is 9.79 Å². The van der Waals surface area contributed by atoms with Crippen molar-refractivity contribution in [2.75, 3.05) is 6.54 Å². The van der Waals surface area contributed by atoms with E-state index in [-0.39, 0.29) is 17.8 Å². The number of nitrogens with two attached hydrogens (primary N) is 3. The van der Waals surface area contributed by atoms with Crippen LogP contribution in [0.15, 0.2) is 4.99 Å². The van der Waals surface area contributed by atoms with Crippen LogP contribution >= 0.6 is 0 Å². The molecule has 0 spiro atoms. The van der Waals surface area contributed by atoms with E-state index in [9.17, 15) is 4.79 Å². The molecule has 0 aromatic carbocycles. The molecule has 0 rings (SSSR count). The Balaban J connectivity index is 3.57. The maximum atomic E-state index is 11.6. The summed E-state index contributed by atoms with van der Waals surface area (Å²) in [5, 5.41) is 0. The maximum Gasteiger partial charge on any atom is 0.220 e. The largest absolute Gasteiger partial charge is 0.370 e. The zero-order chi connectivity index (χ0) is 18.0. The lowest BCUT2D eigenvalue weighted by atomic mass is 9.93. The van der Waals surface area contributed by atoms with Gasteiger partial charge >= 0.3 is 0 Å². The summed E-state index contributed by atoms with van der Waals surface area (Å²) in [6.07, 6.45) is 16.5. The highest BCUT2D eigenvalue weighted by atomic mass is 16.1. The summed E-state index contributed by atoms with van der Waals surface area (Å²) >= 11 is 0. The number of rotatable bonds is 17. The number of aliphatic imine (C=N–C) groups is 1.